The second-order valence-corrected chi connectivity index (χ2v) is 8.04. The summed E-state index contributed by atoms with van der Waals surface area (Å²) in [5.74, 6) is 0. The fourth-order valence-corrected chi connectivity index (χ4v) is 4.10. The third-order valence-electron chi connectivity index (χ3n) is 5.46. The number of aliphatic hydroxyl groups excluding tert-OH is 2. The van der Waals surface area contributed by atoms with E-state index in [1.165, 1.54) is 10.9 Å². The van der Waals surface area contributed by atoms with Crippen molar-refractivity contribution in [3.63, 3.8) is 0 Å². The summed E-state index contributed by atoms with van der Waals surface area (Å²) in [4.78, 5) is 17.4. The molecule has 3 aromatic rings. The molecular weight excluding hydrogens is 425 g/mol. The van der Waals surface area contributed by atoms with Crippen molar-refractivity contribution in [1.29, 1.82) is 0 Å². The zero-order chi connectivity index (χ0) is 20.4. The van der Waals surface area contributed by atoms with E-state index in [-0.39, 0.29) is 30.6 Å². The summed E-state index contributed by atoms with van der Waals surface area (Å²) < 4.78 is 1.43. The number of benzene rings is 2. The quantitative estimate of drug-likeness (QED) is 0.557. The van der Waals surface area contributed by atoms with E-state index in [0.717, 1.165) is 30.5 Å². The maximum Gasteiger partial charge on any atom is 0.261 e. The van der Waals surface area contributed by atoms with Crippen LogP contribution in [0.15, 0.2) is 53.6 Å². The predicted molar refractivity (Wildman–Crippen MR) is 121 cm³/mol. The lowest BCUT2D eigenvalue weighted by atomic mass is 9.96. The Kier molecular flexibility index (Phi) is 7.50. The van der Waals surface area contributed by atoms with Crippen molar-refractivity contribution in [2.24, 2.45) is 0 Å². The van der Waals surface area contributed by atoms with E-state index in [1.54, 1.807) is 6.07 Å². The van der Waals surface area contributed by atoms with Gasteiger partial charge in [-0.3, -0.25) is 9.36 Å². The molecule has 1 aliphatic heterocycles. The van der Waals surface area contributed by atoms with Gasteiger partial charge in [-0.2, -0.15) is 0 Å². The summed E-state index contributed by atoms with van der Waals surface area (Å²) in [6, 6.07) is 12.8. The lowest BCUT2D eigenvalue weighted by molar-refractivity contribution is 0.0539. The minimum atomic E-state index is -0.756. The molecule has 4 rings (SSSR count). The van der Waals surface area contributed by atoms with Crippen LogP contribution in [0.4, 0.5) is 0 Å². The Labute approximate surface area is 185 Å². The van der Waals surface area contributed by atoms with Crippen molar-refractivity contribution >= 4 is 34.9 Å². The molecule has 2 aromatic carbocycles. The van der Waals surface area contributed by atoms with E-state index < -0.39 is 12.2 Å². The molecule has 6 nitrogen and oxygen atoms in total. The standard InChI is InChI=1S/C22H24ClN3O3.ClH/c23-16-4-1-3-14(9-16)15-6-7-19-18(10-15)22(29)26(13-25-19)12-17(27)11-20-21(28)5-2-8-24-20;/h1,3-4,6-7,9-10,13,17,20-21,24,27-28H,2,5,8,11-12H2;1H/t17-,20+,21-;/m0./s1. The molecule has 0 bridgehead atoms. The summed E-state index contributed by atoms with van der Waals surface area (Å²) in [6.45, 7) is 0.965. The van der Waals surface area contributed by atoms with E-state index >= 15 is 0 Å². The van der Waals surface area contributed by atoms with Crippen LogP contribution in [0.5, 0.6) is 0 Å². The number of fused-ring (bicyclic) bond motifs is 1. The van der Waals surface area contributed by atoms with Crippen molar-refractivity contribution in [3.8, 4) is 11.1 Å². The van der Waals surface area contributed by atoms with Gasteiger partial charge in [0.15, 0.2) is 0 Å². The number of aromatic nitrogens is 2. The molecule has 3 N–H and O–H groups in total. The van der Waals surface area contributed by atoms with Gasteiger partial charge in [0, 0.05) is 11.1 Å². The van der Waals surface area contributed by atoms with Gasteiger partial charge < -0.3 is 15.5 Å². The van der Waals surface area contributed by atoms with Gasteiger partial charge >= 0.3 is 0 Å². The van der Waals surface area contributed by atoms with Crippen LogP contribution in [0.1, 0.15) is 19.3 Å². The fraction of sp³-hybridized carbons (Fsp3) is 0.364. The number of piperidine rings is 1. The molecule has 1 aromatic heterocycles. The van der Waals surface area contributed by atoms with Crippen LogP contribution in [0, 0.1) is 0 Å². The SMILES string of the molecule is Cl.O=c1c2cc(-c3cccc(Cl)c3)ccc2ncn1C[C@@H](O)C[C@H]1NCCC[C@@H]1O. The zero-order valence-electron chi connectivity index (χ0n) is 16.4. The van der Waals surface area contributed by atoms with E-state index in [9.17, 15) is 15.0 Å². The average Bonchev–Trinajstić information content (AvgIpc) is 2.72. The molecule has 1 saturated heterocycles. The molecular formula is C22H25Cl2N3O3. The van der Waals surface area contributed by atoms with Gasteiger partial charge in [0.25, 0.3) is 5.56 Å². The summed E-state index contributed by atoms with van der Waals surface area (Å²) in [5, 5.41) is 24.9. The fourth-order valence-electron chi connectivity index (χ4n) is 3.91. The second-order valence-electron chi connectivity index (χ2n) is 7.60. The average molecular weight is 450 g/mol. The monoisotopic (exact) mass is 449 g/mol. The number of nitrogens with one attached hydrogen (secondary N) is 1. The topological polar surface area (TPSA) is 87.4 Å². The highest BCUT2D eigenvalue weighted by atomic mass is 35.5. The first-order valence-electron chi connectivity index (χ1n) is 9.86. The Morgan fingerprint density at radius 1 is 1.23 bits per heavy atom. The zero-order valence-corrected chi connectivity index (χ0v) is 17.9. The number of aliphatic hydroxyl groups is 2. The maximum absolute atomic E-state index is 13.0. The maximum atomic E-state index is 13.0. The second kappa shape index (κ2) is 9.90. The summed E-state index contributed by atoms with van der Waals surface area (Å²) in [7, 11) is 0. The van der Waals surface area contributed by atoms with E-state index in [4.69, 9.17) is 11.6 Å². The molecule has 0 amide bonds. The Balaban J connectivity index is 0.00000256. The van der Waals surface area contributed by atoms with Crippen LogP contribution in [-0.2, 0) is 6.54 Å². The van der Waals surface area contributed by atoms with E-state index in [0.29, 0.717) is 22.3 Å². The van der Waals surface area contributed by atoms with Crippen LogP contribution in [-0.4, -0.2) is 44.6 Å². The number of nitrogens with zero attached hydrogens (tertiary/aromatic N) is 2. The molecule has 3 atom stereocenters. The van der Waals surface area contributed by atoms with Gasteiger partial charge in [0.05, 0.1) is 36.0 Å². The first-order valence-corrected chi connectivity index (χ1v) is 10.2. The third-order valence-corrected chi connectivity index (χ3v) is 5.70. The van der Waals surface area contributed by atoms with E-state index in [1.807, 2.05) is 36.4 Å². The lowest BCUT2D eigenvalue weighted by Crippen LogP contribution is -2.47. The summed E-state index contributed by atoms with van der Waals surface area (Å²) in [5.41, 5.74) is 2.21. The minimum absolute atomic E-state index is 0. The van der Waals surface area contributed by atoms with E-state index in [2.05, 4.69) is 10.3 Å². The molecule has 0 spiro atoms. The smallest absolute Gasteiger partial charge is 0.261 e. The molecule has 1 fully saturated rings. The summed E-state index contributed by atoms with van der Waals surface area (Å²) in [6.07, 6.45) is 2.29. The largest absolute Gasteiger partial charge is 0.392 e. The van der Waals surface area contributed by atoms with Gasteiger partial charge in [-0.05, 0) is 61.2 Å². The normalized spacial score (nSPS) is 20.0. The number of hydrogen-bond donors (Lipinski definition) is 3. The van der Waals surface area contributed by atoms with Gasteiger partial charge in [-0.25, -0.2) is 4.98 Å². The highest BCUT2D eigenvalue weighted by Crippen LogP contribution is 2.24. The molecule has 1 aliphatic rings. The van der Waals surface area contributed by atoms with Crippen LogP contribution in [0.25, 0.3) is 22.0 Å². The van der Waals surface area contributed by atoms with Gasteiger partial charge in [0.1, 0.15) is 0 Å². The predicted octanol–water partition coefficient (Wildman–Crippen LogP) is 3.00. The first-order chi connectivity index (χ1) is 14.0. The Bertz CT molecular complexity index is 1070. The molecule has 2 heterocycles. The first kappa shape index (κ1) is 22.7. The van der Waals surface area contributed by atoms with Crippen molar-refractivity contribution in [1.82, 2.24) is 14.9 Å². The summed E-state index contributed by atoms with van der Waals surface area (Å²) >= 11 is 6.09. The van der Waals surface area contributed by atoms with Crippen LogP contribution in [0.2, 0.25) is 5.02 Å². The van der Waals surface area contributed by atoms with Crippen molar-refractivity contribution in [2.75, 3.05) is 6.54 Å². The highest BCUT2D eigenvalue weighted by molar-refractivity contribution is 6.30. The molecule has 30 heavy (non-hydrogen) atoms. The number of hydrogen-bond acceptors (Lipinski definition) is 5. The van der Waals surface area contributed by atoms with Crippen molar-refractivity contribution in [3.05, 3.63) is 64.2 Å². The molecule has 0 aliphatic carbocycles. The number of halogens is 2. The Morgan fingerprint density at radius 3 is 2.80 bits per heavy atom. The van der Waals surface area contributed by atoms with Gasteiger partial charge in [-0.15, -0.1) is 12.4 Å². The van der Waals surface area contributed by atoms with Crippen molar-refractivity contribution in [2.45, 2.75) is 44.1 Å². The Morgan fingerprint density at radius 2 is 2.03 bits per heavy atom. The minimum Gasteiger partial charge on any atom is -0.392 e. The van der Waals surface area contributed by atoms with Crippen LogP contribution >= 0.6 is 24.0 Å². The Hall–Kier alpha value is -1.96. The molecule has 0 radical (unpaired) electrons. The van der Waals surface area contributed by atoms with Crippen LogP contribution in [0.3, 0.4) is 0 Å². The third kappa shape index (κ3) is 5.02. The molecule has 0 unspecified atom stereocenters. The lowest BCUT2D eigenvalue weighted by Gasteiger charge is -2.30. The molecule has 0 saturated carbocycles. The number of rotatable bonds is 5. The van der Waals surface area contributed by atoms with Crippen molar-refractivity contribution < 1.29 is 10.2 Å². The van der Waals surface area contributed by atoms with Crippen LogP contribution < -0.4 is 10.9 Å². The van der Waals surface area contributed by atoms with Gasteiger partial charge in [-0.1, -0.05) is 29.8 Å². The molecule has 8 heteroatoms. The van der Waals surface area contributed by atoms with Gasteiger partial charge in [0.2, 0.25) is 0 Å². The molecule has 160 valence electrons. The highest BCUT2D eigenvalue weighted by Gasteiger charge is 2.25.